The van der Waals surface area contributed by atoms with Crippen LogP contribution in [0.25, 0.3) is 0 Å². The molecule has 0 bridgehead atoms. The molecule has 1 aromatic carbocycles. The van der Waals surface area contributed by atoms with Crippen molar-refractivity contribution >= 4 is 27.3 Å². The van der Waals surface area contributed by atoms with E-state index in [1.807, 2.05) is 0 Å². The Bertz CT molecular complexity index is 541. The van der Waals surface area contributed by atoms with Crippen molar-refractivity contribution in [2.75, 3.05) is 11.1 Å². The van der Waals surface area contributed by atoms with Gasteiger partial charge < -0.3 is 16.8 Å². The van der Waals surface area contributed by atoms with Crippen LogP contribution in [0.3, 0.4) is 0 Å². The monoisotopic (exact) mass is 258 g/mol. The molecule has 0 heterocycles. The molecule has 1 unspecified atom stereocenters. The van der Waals surface area contributed by atoms with Gasteiger partial charge in [0.05, 0.1) is 5.69 Å². The van der Waals surface area contributed by atoms with E-state index < -0.39 is 22.0 Å². The summed E-state index contributed by atoms with van der Waals surface area (Å²) in [5.41, 5.74) is 11.0. The summed E-state index contributed by atoms with van der Waals surface area (Å²) in [6, 6.07) is 3.41. The van der Waals surface area contributed by atoms with Gasteiger partial charge in [0, 0.05) is 5.69 Å². The van der Waals surface area contributed by atoms with Crippen LogP contribution in [0.1, 0.15) is 6.92 Å². The van der Waals surface area contributed by atoms with Gasteiger partial charge in [0.1, 0.15) is 10.9 Å². The van der Waals surface area contributed by atoms with E-state index in [2.05, 4.69) is 5.32 Å². The van der Waals surface area contributed by atoms with Crippen LogP contribution in [0, 0.1) is 0 Å². The number of sulfonamides is 1. The van der Waals surface area contributed by atoms with Gasteiger partial charge in [-0.25, -0.2) is 13.6 Å². The van der Waals surface area contributed by atoms with E-state index in [0.717, 1.165) is 0 Å². The fraction of sp³-hybridized carbons (Fsp3) is 0.222. The highest BCUT2D eigenvalue weighted by molar-refractivity contribution is 7.89. The van der Waals surface area contributed by atoms with E-state index in [9.17, 15) is 13.2 Å². The van der Waals surface area contributed by atoms with E-state index >= 15 is 0 Å². The average Bonchev–Trinajstić information content (AvgIpc) is 2.18. The first-order chi connectivity index (χ1) is 7.71. The number of nitrogen functional groups attached to an aromatic ring is 1. The molecule has 1 aromatic rings. The lowest BCUT2D eigenvalue weighted by Gasteiger charge is -2.15. The molecule has 0 radical (unpaired) electrons. The molecule has 17 heavy (non-hydrogen) atoms. The maximum Gasteiger partial charge on any atom is 0.240 e. The van der Waals surface area contributed by atoms with Crippen LogP contribution in [-0.2, 0) is 14.8 Å². The highest BCUT2D eigenvalue weighted by atomic mass is 32.2. The minimum Gasteiger partial charge on any atom is -0.399 e. The van der Waals surface area contributed by atoms with Gasteiger partial charge in [0.15, 0.2) is 0 Å². The van der Waals surface area contributed by atoms with Gasteiger partial charge in [0.25, 0.3) is 0 Å². The van der Waals surface area contributed by atoms with E-state index in [1.54, 1.807) is 0 Å². The molecule has 94 valence electrons. The van der Waals surface area contributed by atoms with Crippen LogP contribution in [0.4, 0.5) is 11.4 Å². The largest absolute Gasteiger partial charge is 0.399 e. The number of hydrogen-bond acceptors (Lipinski definition) is 5. The first kappa shape index (κ1) is 13.3. The molecule has 1 amide bonds. The predicted molar refractivity (Wildman–Crippen MR) is 64.5 cm³/mol. The number of nitrogens with two attached hydrogens (primary N) is 3. The van der Waals surface area contributed by atoms with Crippen LogP contribution in [0.15, 0.2) is 23.1 Å². The molecule has 8 heteroatoms. The zero-order valence-electron chi connectivity index (χ0n) is 9.17. The van der Waals surface area contributed by atoms with Gasteiger partial charge in [-0.2, -0.15) is 0 Å². The Morgan fingerprint density at radius 2 is 2.00 bits per heavy atom. The van der Waals surface area contributed by atoms with E-state index in [4.69, 9.17) is 16.6 Å². The van der Waals surface area contributed by atoms with Crippen molar-refractivity contribution in [1.29, 1.82) is 0 Å². The standard InChI is InChI=1S/C9H14N4O3S/c1-5(9(11)14)13-7-3-2-6(10)4-8(7)17(12,15)16/h2-5,13H,10H2,1H3,(H2,11,14)(H2,12,15,16). The number of anilines is 2. The number of primary amides is 1. The predicted octanol–water partition coefficient (Wildman–Crippen LogP) is -0.798. The number of benzene rings is 1. The van der Waals surface area contributed by atoms with E-state index in [-0.39, 0.29) is 16.3 Å². The number of amides is 1. The fourth-order valence-electron chi connectivity index (χ4n) is 1.20. The lowest BCUT2D eigenvalue weighted by atomic mass is 10.2. The number of rotatable bonds is 4. The molecule has 0 aliphatic heterocycles. The Labute approximate surface area is 99.0 Å². The third-order valence-corrected chi connectivity index (χ3v) is 3.06. The summed E-state index contributed by atoms with van der Waals surface area (Å²) in [5, 5.41) is 7.69. The zero-order valence-corrected chi connectivity index (χ0v) is 9.99. The molecule has 1 rings (SSSR count). The van der Waals surface area contributed by atoms with Crippen LogP contribution in [-0.4, -0.2) is 20.4 Å². The SMILES string of the molecule is CC(Nc1ccc(N)cc1S(N)(=O)=O)C(N)=O. The Morgan fingerprint density at radius 3 is 2.47 bits per heavy atom. The Hall–Kier alpha value is -1.80. The second-order valence-electron chi connectivity index (χ2n) is 3.57. The van der Waals surface area contributed by atoms with Crippen LogP contribution >= 0.6 is 0 Å². The van der Waals surface area contributed by atoms with Crippen molar-refractivity contribution in [1.82, 2.24) is 0 Å². The van der Waals surface area contributed by atoms with Crippen LogP contribution in [0.5, 0.6) is 0 Å². The molecule has 0 aromatic heterocycles. The summed E-state index contributed by atoms with van der Waals surface area (Å²) in [5.74, 6) is -0.609. The topological polar surface area (TPSA) is 141 Å². The normalized spacial score (nSPS) is 13.1. The third kappa shape index (κ3) is 3.33. The van der Waals surface area contributed by atoms with Crippen molar-refractivity contribution in [3.8, 4) is 0 Å². The number of hydrogen-bond donors (Lipinski definition) is 4. The summed E-state index contributed by atoms with van der Waals surface area (Å²) >= 11 is 0. The van der Waals surface area contributed by atoms with Crippen molar-refractivity contribution in [3.05, 3.63) is 18.2 Å². The molecule has 1 atom stereocenters. The number of carbonyl (C=O) groups is 1. The summed E-state index contributed by atoms with van der Waals surface area (Å²) < 4.78 is 22.6. The highest BCUT2D eigenvalue weighted by Crippen LogP contribution is 2.23. The van der Waals surface area contributed by atoms with Gasteiger partial charge in [-0.15, -0.1) is 0 Å². The van der Waals surface area contributed by atoms with Crippen LogP contribution in [0.2, 0.25) is 0 Å². The average molecular weight is 258 g/mol. The minimum absolute atomic E-state index is 0.175. The molecular weight excluding hydrogens is 244 g/mol. The number of nitrogens with one attached hydrogen (secondary N) is 1. The van der Waals surface area contributed by atoms with Crippen molar-refractivity contribution in [2.45, 2.75) is 17.9 Å². The summed E-state index contributed by atoms with van der Waals surface area (Å²) in [4.78, 5) is 10.7. The van der Waals surface area contributed by atoms with Gasteiger partial charge in [-0.1, -0.05) is 0 Å². The number of carbonyl (C=O) groups excluding carboxylic acids is 1. The molecule has 0 fully saturated rings. The van der Waals surface area contributed by atoms with E-state index in [1.165, 1.54) is 25.1 Å². The molecule has 0 aliphatic rings. The van der Waals surface area contributed by atoms with Crippen molar-refractivity contribution in [2.24, 2.45) is 10.9 Å². The van der Waals surface area contributed by atoms with Gasteiger partial charge in [-0.05, 0) is 25.1 Å². The Balaban J connectivity index is 3.21. The quantitative estimate of drug-likeness (QED) is 0.523. The summed E-state index contributed by atoms with van der Waals surface area (Å²) in [6.07, 6.45) is 0. The smallest absolute Gasteiger partial charge is 0.240 e. The Kier molecular flexibility index (Phi) is 3.59. The fourth-order valence-corrected chi connectivity index (χ4v) is 1.93. The molecule has 7 N–H and O–H groups in total. The maximum atomic E-state index is 11.3. The third-order valence-electron chi connectivity index (χ3n) is 2.11. The molecule has 7 nitrogen and oxygen atoms in total. The highest BCUT2D eigenvalue weighted by Gasteiger charge is 2.17. The number of primary sulfonamides is 1. The molecule has 0 spiro atoms. The molecule has 0 saturated heterocycles. The first-order valence-electron chi connectivity index (χ1n) is 4.70. The van der Waals surface area contributed by atoms with E-state index in [0.29, 0.717) is 0 Å². The summed E-state index contributed by atoms with van der Waals surface area (Å²) in [6.45, 7) is 1.51. The lowest BCUT2D eigenvalue weighted by Crippen LogP contribution is -2.33. The molecule has 0 saturated carbocycles. The van der Waals surface area contributed by atoms with Gasteiger partial charge in [0.2, 0.25) is 15.9 Å². The Morgan fingerprint density at radius 1 is 1.41 bits per heavy atom. The summed E-state index contributed by atoms with van der Waals surface area (Å²) in [7, 11) is -3.92. The second-order valence-corrected chi connectivity index (χ2v) is 5.10. The minimum atomic E-state index is -3.92. The zero-order chi connectivity index (χ0) is 13.2. The van der Waals surface area contributed by atoms with Crippen LogP contribution < -0.4 is 21.9 Å². The van der Waals surface area contributed by atoms with Gasteiger partial charge >= 0.3 is 0 Å². The maximum absolute atomic E-state index is 11.3. The van der Waals surface area contributed by atoms with Crippen molar-refractivity contribution < 1.29 is 13.2 Å². The molecule has 0 aliphatic carbocycles. The first-order valence-corrected chi connectivity index (χ1v) is 6.24. The van der Waals surface area contributed by atoms with Gasteiger partial charge in [-0.3, -0.25) is 4.79 Å². The molecular formula is C9H14N4O3S. The van der Waals surface area contributed by atoms with Crippen molar-refractivity contribution in [3.63, 3.8) is 0 Å². The lowest BCUT2D eigenvalue weighted by molar-refractivity contribution is -0.118. The second kappa shape index (κ2) is 4.60.